The molecular formula is C14H21N3O. The molecule has 1 heterocycles. The minimum Gasteiger partial charge on any atom is -0.335 e. The highest BCUT2D eigenvalue weighted by atomic mass is 16.2. The maximum absolute atomic E-state index is 11.7. The van der Waals surface area contributed by atoms with Crippen molar-refractivity contribution in [2.45, 2.75) is 51.6 Å². The summed E-state index contributed by atoms with van der Waals surface area (Å²) in [6, 6.07) is 4.27. The highest BCUT2D eigenvalue weighted by Crippen LogP contribution is 2.17. The molecule has 0 radical (unpaired) electrons. The Morgan fingerprint density at radius 3 is 2.94 bits per heavy atom. The number of carbonyl (C=O) groups excluding carboxylic acids is 1. The molecule has 0 atom stereocenters. The van der Waals surface area contributed by atoms with E-state index < -0.39 is 0 Å². The zero-order valence-electron chi connectivity index (χ0n) is 10.9. The SMILES string of the molecule is CCc1cccnc1CNC(=O)NC1CCCC1. The molecule has 2 N–H and O–H groups in total. The molecule has 0 spiro atoms. The van der Waals surface area contributed by atoms with Crippen molar-refractivity contribution in [2.24, 2.45) is 0 Å². The first-order valence-corrected chi connectivity index (χ1v) is 6.76. The molecule has 1 aromatic rings. The van der Waals surface area contributed by atoms with Crippen LogP contribution < -0.4 is 10.6 Å². The Morgan fingerprint density at radius 2 is 2.22 bits per heavy atom. The molecule has 0 aromatic carbocycles. The van der Waals surface area contributed by atoms with E-state index in [2.05, 4.69) is 28.6 Å². The van der Waals surface area contributed by atoms with Crippen LogP contribution in [0.1, 0.15) is 43.9 Å². The van der Waals surface area contributed by atoms with E-state index in [1.165, 1.54) is 18.4 Å². The van der Waals surface area contributed by atoms with Crippen LogP contribution in [-0.4, -0.2) is 17.1 Å². The molecule has 4 nitrogen and oxygen atoms in total. The van der Waals surface area contributed by atoms with E-state index in [-0.39, 0.29) is 6.03 Å². The van der Waals surface area contributed by atoms with Gasteiger partial charge in [-0.2, -0.15) is 0 Å². The predicted octanol–water partition coefficient (Wildman–Crippen LogP) is 2.39. The fraction of sp³-hybridized carbons (Fsp3) is 0.571. The molecule has 1 saturated carbocycles. The number of carbonyl (C=O) groups is 1. The number of aromatic nitrogens is 1. The molecule has 98 valence electrons. The van der Waals surface area contributed by atoms with Crippen LogP contribution in [0.4, 0.5) is 4.79 Å². The van der Waals surface area contributed by atoms with Crippen LogP contribution in [0.3, 0.4) is 0 Å². The zero-order chi connectivity index (χ0) is 12.8. The third kappa shape index (κ3) is 3.45. The number of pyridine rings is 1. The van der Waals surface area contributed by atoms with Crippen LogP contribution in [0.2, 0.25) is 0 Å². The van der Waals surface area contributed by atoms with E-state index >= 15 is 0 Å². The molecule has 0 aliphatic heterocycles. The van der Waals surface area contributed by atoms with Crippen LogP contribution in [0, 0.1) is 0 Å². The van der Waals surface area contributed by atoms with Gasteiger partial charge in [0.25, 0.3) is 0 Å². The highest BCUT2D eigenvalue weighted by molar-refractivity contribution is 5.74. The van der Waals surface area contributed by atoms with Crippen LogP contribution in [0.25, 0.3) is 0 Å². The molecule has 2 rings (SSSR count). The molecule has 1 aliphatic rings. The molecular weight excluding hydrogens is 226 g/mol. The van der Waals surface area contributed by atoms with E-state index in [0.29, 0.717) is 12.6 Å². The smallest absolute Gasteiger partial charge is 0.315 e. The Balaban J connectivity index is 1.81. The normalized spacial score (nSPS) is 15.6. The first-order chi connectivity index (χ1) is 8.79. The second kappa shape index (κ2) is 6.38. The zero-order valence-corrected chi connectivity index (χ0v) is 10.9. The van der Waals surface area contributed by atoms with Crippen molar-refractivity contribution in [1.82, 2.24) is 15.6 Å². The minimum absolute atomic E-state index is 0.0744. The molecule has 1 fully saturated rings. The first-order valence-electron chi connectivity index (χ1n) is 6.76. The van der Waals surface area contributed by atoms with Gasteiger partial charge in [0.15, 0.2) is 0 Å². The summed E-state index contributed by atoms with van der Waals surface area (Å²) in [5.74, 6) is 0. The van der Waals surface area contributed by atoms with Crippen LogP contribution in [-0.2, 0) is 13.0 Å². The van der Waals surface area contributed by atoms with Gasteiger partial charge in [-0.3, -0.25) is 4.98 Å². The van der Waals surface area contributed by atoms with Gasteiger partial charge >= 0.3 is 6.03 Å². The second-order valence-corrected chi connectivity index (χ2v) is 4.77. The van der Waals surface area contributed by atoms with Crippen molar-refractivity contribution in [2.75, 3.05) is 0 Å². The summed E-state index contributed by atoms with van der Waals surface area (Å²) in [5, 5.41) is 5.90. The number of aryl methyl sites for hydroxylation is 1. The Labute approximate surface area is 108 Å². The second-order valence-electron chi connectivity index (χ2n) is 4.77. The van der Waals surface area contributed by atoms with E-state index in [9.17, 15) is 4.79 Å². The number of hydrogen-bond donors (Lipinski definition) is 2. The summed E-state index contributed by atoms with van der Waals surface area (Å²) >= 11 is 0. The number of nitrogens with one attached hydrogen (secondary N) is 2. The van der Waals surface area contributed by atoms with Crippen molar-refractivity contribution in [3.63, 3.8) is 0 Å². The van der Waals surface area contributed by atoms with E-state index in [1.54, 1.807) is 6.20 Å². The number of urea groups is 1. The maximum atomic E-state index is 11.7. The van der Waals surface area contributed by atoms with Gasteiger partial charge < -0.3 is 10.6 Å². The summed E-state index contributed by atoms with van der Waals surface area (Å²) in [5.41, 5.74) is 2.15. The highest BCUT2D eigenvalue weighted by Gasteiger charge is 2.16. The topological polar surface area (TPSA) is 54.0 Å². The summed E-state index contributed by atoms with van der Waals surface area (Å²) in [6.07, 6.45) is 7.38. The lowest BCUT2D eigenvalue weighted by Crippen LogP contribution is -2.40. The Morgan fingerprint density at radius 1 is 1.44 bits per heavy atom. The average Bonchev–Trinajstić information content (AvgIpc) is 2.89. The van der Waals surface area contributed by atoms with Crippen molar-refractivity contribution in [1.29, 1.82) is 0 Å². The molecule has 1 aliphatic carbocycles. The van der Waals surface area contributed by atoms with Gasteiger partial charge in [-0.15, -0.1) is 0 Å². The lowest BCUT2D eigenvalue weighted by atomic mass is 10.1. The molecule has 0 bridgehead atoms. The summed E-state index contributed by atoms with van der Waals surface area (Å²) in [4.78, 5) is 16.0. The standard InChI is InChI=1S/C14H21N3O/c1-2-11-6-5-9-15-13(11)10-16-14(18)17-12-7-3-4-8-12/h5-6,9,12H,2-4,7-8,10H2,1H3,(H2,16,17,18). The number of nitrogens with zero attached hydrogens (tertiary/aromatic N) is 1. The van der Waals surface area contributed by atoms with Crippen molar-refractivity contribution in [3.8, 4) is 0 Å². The Bertz CT molecular complexity index is 400. The molecule has 18 heavy (non-hydrogen) atoms. The van der Waals surface area contributed by atoms with E-state index in [4.69, 9.17) is 0 Å². The van der Waals surface area contributed by atoms with Gasteiger partial charge in [0, 0.05) is 12.2 Å². The molecule has 4 heteroatoms. The van der Waals surface area contributed by atoms with Gasteiger partial charge in [-0.1, -0.05) is 25.8 Å². The fourth-order valence-electron chi connectivity index (χ4n) is 2.42. The van der Waals surface area contributed by atoms with Gasteiger partial charge in [-0.05, 0) is 30.9 Å². The van der Waals surface area contributed by atoms with Crippen molar-refractivity contribution in [3.05, 3.63) is 29.6 Å². The first kappa shape index (κ1) is 12.9. The predicted molar refractivity (Wildman–Crippen MR) is 71.2 cm³/mol. The summed E-state index contributed by atoms with van der Waals surface area (Å²) < 4.78 is 0. The monoisotopic (exact) mass is 247 g/mol. The number of amides is 2. The third-order valence-corrected chi connectivity index (χ3v) is 3.47. The third-order valence-electron chi connectivity index (χ3n) is 3.47. The molecule has 2 amide bonds. The molecule has 0 saturated heterocycles. The summed E-state index contributed by atoms with van der Waals surface area (Å²) in [6.45, 7) is 2.60. The van der Waals surface area contributed by atoms with Gasteiger partial charge in [-0.25, -0.2) is 4.79 Å². The summed E-state index contributed by atoms with van der Waals surface area (Å²) in [7, 11) is 0. The van der Waals surface area contributed by atoms with E-state index in [1.807, 2.05) is 6.07 Å². The Hall–Kier alpha value is -1.58. The Kier molecular flexibility index (Phi) is 4.56. The van der Waals surface area contributed by atoms with Crippen LogP contribution in [0.15, 0.2) is 18.3 Å². The van der Waals surface area contributed by atoms with Gasteiger partial charge in [0.05, 0.1) is 12.2 Å². The number of rotatable bonds is 4. The quantitative estimate of drug-likeness (QED) is 0.858. The van der Waals surface area contributed by atoms with Crippen LogP contribution >= 0.6 is 0 Å². The van der Waals surface area contributed by atoms with Crippen LogP contribution in [0.5, 0.6) is 0 Å². The molecule has 0 unspecified atom stereocenters. The fourth-order valence-corrected chi connectivity index (χ4v) is 2.42. The van der Waals surface area contributed by atoms with Gasteiger partial charge in [0.1, 0.15) is 0 Å². The van der Waals surface area contributed by atoms with Gasteiger partial charge in [0.2, 0.25) is 0 Å². The minimum atomic E-state index is -0.0744. The lowest BCUT2D eigenvalue weighted by molar-refractivity contribution is 0.236. The lowest BCUT2D eigenvalue weighted by Gasteiger charge is -2.13. The van der Waals surface area contributed by atoms with Crippen molar-refractivity contribution < 1.29 is 4.79 Å². The average molecular weight is 247 g/mol. The maximum Gasteiger partial charge on any atom is 0.315 e. The number of hydrogen-bond acceptors (Lipinski definition) is 2. The van der Waals surface area contributed by atoms with Crippen molar-refractivity contribution >= 4 is 6.03 Å². The largest absolute Gasteiger partial charge is 0.335 e. The molecule has 1 aromatic heterocycles. The van der Waals surface area contributed by atoms with E-state index in [0.717, 1.165) is 25.0 Å².